The van der Waals surface area contributed by atoms with Crippen molar-refractivity contribution in [3.05, 3.63) is 0 Å². The summed E-state index contributed by atoms with van der Waals surface area (Å²) in [6.45, 7) is 8.17. The highest BCUT2D eigenvalue weighted by molar-refractivity contribution is 4.56. The van der Waals surface area contributed by atoms with Crippen LogP contribution in [0.4, 0.5) is 4.39 Å². The van der Waals surface area contributed by atoms with Gasteiger partial charge in [-0.1, -0.05) is 13.8 Å². The number of halogens is 1. The highest BCUT2D eigenvalue weighted by atomic mass is 19.1. The number of hydrogen-bond donors (Lipinski definition) is 0. The zero-order valence-electron chi connectivity index (χ0n) is 6.52. The summed E-state index contributed by atoms with van der Waals surface area (Å²) in [5, 5.41) is 0. The Morgan fingerprint density at radius 1 is 1.33 bits per heavy atom. The van der Waals surface area contributed by atoms with Crippen molar-refractivity contribution in [2.45, 2.75) is 26.9 Å². The monoisotopic (exact) mass is 133 g/mol. The van der Waals surface area contributed by atoms with Crippen LogP contribution >= 0.6 is 0 Å². The summed E-state index contributed by atoms with van der Waals surface area (Å²) in [5.74, 6) is 0. The van der Waals surface area contributed by atoms with E-state index in [9.17, 15) is 4.39 Å². The standard InChI is InChI=1S/C7H16FN/c1-4-9(5-2)6-7(3)8/h7H,4-6H2,1-3H3/t7-/m0/s1. The predicted octanol–water partition coefficient (Wildman–Crippen LogP) is 1.69. The van der Waals surface area contributed by atoms with Crippen LogP contribution in [-0.4, -0.2) is 30.7 Å². The molecule has 0 fully saturated rings. The van der Waals surface area contributed by atoms with Crippen LogP contribution in [0.1, 0.15) is 20.8 Å². The minimum Gasteiger partial charge on any atom is -0.301 e. The van der Waals surface area contributed by atoms with Crippen LogP contribution < -0.4 is 0 Å². The molecule has 0 spiro atoms. The number of alkyl halides is 1. The fourth-order valence-corrected chi connectivity index (χ4v) is 0.838. The van der Waals surface area contributed by atoms with Gasteiger partial charge in [-0.2, -0.15) is 0 Å². The molecule has 0 radical (unpaired) electrons. The molecule has 0 saturated heterocycles. The van der Waals surface area contributed by atoms with Crippen LogP contribution in [0.25, 0.3) is 0 Å². The largest absolute Gasteiger partial charge is 0.301 e. The van der Waals surface area contributed by atoms with Crippen molar-refractivity contribution in [1.29, 1.82) is 0 Å². The van der Waals surface area contributed by atoms with Crippen molar-refractivity contribution < 1.29 is 4.39 Å². The van der Waals surface area contributed by atoms with E-state index in [0.717, 1.165) is 13.1 Å². The number of hydrogen-bond acceptors (Lipinski definition) is 1. The van der Waals surface area contributed by atoms with E-state index in [1.807, 2.05) is 13.8 Å². The second kappa shape index (κ2) is 4.74. The van der Waals surface area contributed by atoms with Crippen molar-refractivity contribution in [3.8, 4) is 0 Å². The molecule has 2 heteroatoms. The lowest BCUT2D eigenvalue weighted by molar-refractivity contribution is 0.217. The Labute approximate surface area is 56.9 Å². The van der Waals surface area contributed by atoms with E-state index in [2.05, 4.69) is 4.90 Å². The molecule has 1 nitrogen and oxygen atoms in total. The molecule has 0 rings (SSSR count). The molecule has 0 N–H and O–H groups in total. The first-order chi connectivity index (χ1) is 4.20. The van der Waals surface area contributed by atoms with Gasteiger partial charge in [-0.3, -0.25) is 0 Å². The van der Waals surface area contributed by atoms with Gasteiger partial charge >= 0.3 is 0 Å². The Morgan fingerprint density at radius 2 is 1.78 bits per heavy atom. The first kappa shape index (κ1) is 8.89. The average molecular weight is 133 g/mol. The molecule has 0 heterocycles. The van der Waals surface area contributed by atoms with Crippen molar-refractivity contribution >= 4 is 0 Å². The maximum absolute atomic E-state index is 12.3. The topological polar surface area (TPSA) is 3.24 Å². The summed E-state index contributed by atoms with van der Waals surface area (Å²) < 4.78 is 12.3. The molecule has 0 unspecified atom stereocenters. The number of rotatable bonds is 4. The van der Waals surface area contributed by atoms with E-state index < -0.39 is 6.17 Å². The van der Waals surface area contributed by atoms with Gasteiger partial charge < -0.3 is 4.90 Å². The van der Waals surface area contributed by atoms with Gasteiger partial charge in [0, 0.05) is 6.54 Å². The molecule has 0 aromatic heterocycles. The number of nitrogens with zero attached hydrogens (tertiary/aromatic N) is 1. The Hall–Kier alpha value is -0.110. The van der Waals surface area contributed by atoms with Crippen LogP contribution in [0.2, 0.25) is 0 Å². The van der Waals surface area contributed by atoms with E-state index in [4.69, 9.17) is 0 Å². The van der Waals surface area contributed by atoms with E-state index >= 15 is 0 Å². The molecule has 0 aliphatic carbocycles. The summed E-state index contributed by atoms with van der Waals surface area (Å²) in [6.07, 6.45) is -0.690. The van der Waals surface area contributed by atoms with Crippen LogP contribution in [0, 0.1) is 0 Å². The van der Waals surface area contributed by atoms with Crippen LogP contribution in [0.5, 0.6) is 0 Å². The minimum atomic E-state index is -0.690. The Morgan fingerprint density at radius 3 is 1.89 bits per heavy atom. The maximum atomic E-state index is 12.3. The van der Waals surface area contributed by atoms with Gasteiger partial charge in [-0.05, 0) is 20.0 Å². The highest BCUT2D eigenvalue weighted by Gasteiger charge is 2.03. The fraction of sp³-hybridized carbons (Fsp3) is 1.00. The first-order valence-electron chi connectivity index (χ1n) is 3.57. The third-order valence-corrected chi connectivity index (χ3v) is 1.40. The smallest absolute Gasteiger partial charge is 0.110 e. The molecule has 0 amide bonds. The Kier molecular flexibility index (Phi) is 4.68. The summed E-state index contributed by atoms with van der Waals surface area (Å²) in [6, 6.07) is 0. The average Bonchev–Trinajstić information content (AvgIpc) is 1.82. The highest BCUT2D eigenvalue weighted by Crippen LogP contribution is 1.93. The molecule has 1 atom stereocenters. The van der Waals surface area contributed by atoms with Crippen LogP contribution in [0.15, 0.2) is 0 Å². The second-order valence-electron chi connectivity index (χ2n) is 2.27. The van der Waals surface area contributed by atoms with E-state index in [1.54, 1.807) is 6.92 Å². The lowest BCUT2D eigenvalue weighted by Crippen LogP contribution is -2.28. The molecule has 9 heavy (non-hydrogen) atoms. The van der Waals surface area contributed by atoms with E-state index in [0.29, 0.717) is 6.54 Å². The lowest BCUT2D eigenvalue weighted by Gasteiger charge is -2.17. The molecule has 0 saturated carbocycles. The Balaban J connectivity index is 3.31. The van der Waals surface area contributed by atoms with Gasteiger partial charge in [0.2, 0.25) is 0 Å². The van der Waals surface area contributed by atoms with Gasteiger partial charge in [0.25, 0.3) is 0 Å². The summed E-state index contributed by atoms with van der Waals surface area (Å²) in [7, 11) is 0. The van der Waals surface area contributed by atoms with Gasteiger partial charge in [0.15, 0.2) is 0 Å². The zero-order valence-corrected chi connectivity index (χ0v) is 6.52. The van der Waals surface area contributed by atoms with E-state index in [1.165, 1.54) is 0 Å². The quantitative estimate of drug-likeness (QED) is 0.564. The molecule has 0 aliphatic heterocycles. The van der Waals surface area contributed by atoms with Crippen molar-refractivity contribution in [3.63, 3.8) is 0 Å². The molecule has 56 valence electrons. The normalized spacial score (nSPS) is 14.3. The van der Waals surface area contributed by atoms with Crippen molar-refractivity contribution in [2.75, 3.05) is 19.6 Å². The first-order valence-corrected chi connectivity index (χ1v) is 3.57. The molecule has 0 aliphatic rings. The second-order valence-corrected chi connectivity index (χ2v) is 2.27. The third-order valence-electron chi connectivity index (χ3n) is 1.40. The SMILES string of the molecule is CCN(CC)C[C@H](C)F. The molecule has 0 aromatic rings. The summed E-state index contributed by atoms with van der Waals surface area (Å²) in [5.41, 5.74) is 0. The molecular formula is C7H16FN. The predicted molar refractivity (Wildman–Crippen MR) is 38.4 cm³/mol. The Bertz CT molecular complexity index is 59.9. The molecule has 0 bridgehead atoms. The third kappa shape index (κ3) is 4.40. The molecular weight excluding hydrogens is 117 g/mol. The van der Waals surface area contributed by atoms with Crippen LogP contribution in [0.3, 0.4) is 0 Å². The van der Waals surface area contributed by atoms with Gasteiger partial charge in [-0.25, -0.2) is 4.39 Å². The summed E-state index contributed by atoms with van der Waals surface area (Å²) >= 11 is 0. The zero-order chi connectivity index (χ0) is 7.28. The van der Waals surface area contributed by atoms with Gasteiger partial charge in [-0.15, -0.1) is 0 Å². The maximum Gasteiger partial charge on any atom is 0.110 e. The van der Waals surface area contributed by atoms with Gasteiger partial charge in [0.05, 0.1) is 0 Å². The lowest BCUT2D eigenvalue weighted by atomic mass is 10.4. The minimum absolute atomic E-state index is 0.576. The van der Waals surface area contributed by atoms with Crippen molar-refractivity contribution in [1.82, 2.24) is 4.90 Å². The van der Waals surface area contributed by atoms with Crippen LogP contribution in [-0.2, 0) is 0 Å². The van der Waals surface area contributed by atoms with Gasteiger partial charge in [0.1, 0.15) is 6.17 Å². The fourth-order valence-electron chi connectivity index (χ4n) is 0.838. The molecule has 0 aromatic carbocycles. The van der Waals surface area contributed by atoms with E-state index in [-0.39, 0.29) is 0 Å². The van der Waals surface area contributed by atoms with Crippen molar-refractivity contribution in [2.24, 2.45) is 0 Å². The summed E-state index contributed by atoms with van der Waals surface area (Å²) in [4.78, 5) is 2.07.